The first-order valence-corrected chi connectivity index (χ1v) is 8.09. The van der Waals surface area contributed by atoms with Gasteiger partial charge in [-0.15, -0.1) is 0 Å². The number of fused-ring (bicyclic) bond motifs is 1. The van der Waals surface area contributed by atoms with Crippen LogP contribution in [0.25, 0.3) is 21.6 Å². The Bertz CT molecular complexity index is 1000. The van der Waals surface area contributed by atoms with Crippen molar-refractivity contribution < 1.29 is 4.52 Å². The van der Waals surface area contributed by atoms with E-state index in [1.807, 2.05) is 54.6 Å². The maximum absolute atomic E-state index is 12.1. The summed E-state index contributed by atoms with van der Waals surface area (Å²) in [4.78, 5) is 16.5. The Balaban J connectivity index is 1.56. The van der Waals surface area contributed by atoms with Crippen LogP contribution in [0.4, 0.5) is 0 Å². The van der Waals surface area contributed by atoms with E-state index in [4.69, 9.17) is 4.52 Å². The molecule has 0 aliphatic heterocycles. The summed E-state index contributed by atoms with van der Waals surface area (Å²) in [5.41, 5.74) is 1.87. The second-order valence-electron chi connectivity index (χ2n) is 5.12. The zero-order valence-electron chi connectivity index (χ0n) is 12.2. The minimum Gasteiger partial charge on any atom is -0.339 e. The fraction of sp³-hybridized carbons (Fsp3) is 0.118. The van der Waals surface area contributed by atoms with Crippen molar-refractivity contribution in [2.24, 2.45) is 0 Å². The third kappa shape index (κ3) is 2.68. The van der Waals surface area contributed by atoms with Crippen LogP contribution in [-0.2, 0) is 13.0 Å². The van der Waals surface area contributed by atoms with E-state index in [-0.39, 0.29) is 4.87 Å². The van der Waals surface area contributed by atoms with E-state index in [0.717, 1.165) is 15.8 Å². The molecule has 0 atom stereocenters. The van der Waals surface area contributed by atoms with E-state index >= 15 is 0 Å². The van der Waals surface area contributed by atoms with Crippen molar-refractivity contribution in [2.75, 3.05) is 0 Å². The fourth-order valence-corrected chi connectivity index (χ4v) is 3.41. The molecule has 0 aliphatic carbocycles. The molecular weight excluding hydrogens is 310 g/mol. The molecule has 23 heavy (non-hydrogen) atoms. The second kappa shape index (κ2) is 5.81. The van der Waals surface area contributed by atoms with Gasteiger partial charge in [-0.3, -0.25) is 9.36 Å². The lowest BCUT2D eigenvalue weighted by atomic mass is 10.2. The quantitative estimate of drug-likeness (QED) is 0.578. The summed E-state index contributed by atoms with van der Waals surface area (Å²) in [6.45, 7) is 0.527. The highest BCUT2D eigenvalue weighted by Crippen LogP contribution is 2.18. The zero-order valence-corrected chi connectivity index (χ0v) is 13.0. The summed E-state index contributed by atoms with van der Waals surface area (Å²) >= 11 is 1.26. The molecule has 0 aliphatic rings. The molecule has 2 aromatic carbocycles. The Morgan fingerprint density at radius 3 is 2.70 bits per heavy atom. The molecule has 2 heterocycles. The van der Waals surface area contributed by atoms with E-state index in [9.17, 15) is 4.79 Å². The van der Waals surface area contributed by atoms with Crippen LogP contribution < -0.4 is 4.87 Å². The highest BCUT2D eigenvalue weighted by atomic mass is 32.1. The Kier molecular flexibility index (Phi) is 3.51. The molecule has 2 aromatic heterocycles. The van der Waals surface area contributed by atoms with Crippen LogP contribution in [0.2, 0.25) is 0 Å². The van der Waals surface area contributed by atoms with Gasteiger partial charge in [0.1, 0.15) is 0 Å². The van der Waals surface area contributed by atoms with Crippen molar-refractivity contribution in [1.29, 1.82) is 0 Å². The molecule has 0 radical (unpaired) electrons. The maximum Gasteiger partial charge on any atom is 0.308 e. The number of benzene rings is 2. The van der Waals surface area contributed by atoms with Gasteiger partial charge in [-0.25, -0.2) is 0 Å². The van der Waals surface area contributed by atoms with E-state index in [0.29, 0.717) is 24.7 Å². The molecule has 0 spiro atoms. The number of aromatic nitrogens is 3. The predicted octanol–water partition coefficient (Wildman–Crippen LogP) is 3.36. The molecular formula is C17H13N3O2S. The topological polar surface area (TPSA) is 60.9 Å². The molecule has 0 saturated carbocycles. The van der Waals surface area contributed by atoms with Crippen LogP contribution in [0.15, 0.2) is 63.9 Å². The number of thiazole rings is 1. The highest BCUT2D eigenvalue weighted by Gasteiger charge is 2.11. The van der Waals surface area contributed by atoms with Crippen molar-refractivity contribution in [2.45, 2.75) is 13.0 Å². The number of rotatable bonds is 4. The van der Waals surface area contributed by atoms with Crippen LogP contribution in [0.3, 0.4) is 0 Å². The average Bonchev–Trinajstić information content (AvgIpc) is 3.18. The monoisotopic (exact) mass is 323 g/mol. The van der Waals surface area contributed by atoms with Gasteiger partial charge in [0.05, 0.1) is 10.2 Å². The third-order valence-corrected chi connectivity index (χ3v) is 4.58. The summed E-state index contributed by atoms with van der Waals surface area (Å²) in [6, 6.07) is 17.5. The number of aryl methyl sites for hydroxylation is 2. The summed E-state index contributed by atoms with van der Waals surface area (Å²) in [5.74, 6) is 1.11. The lowest BCUT2D eigenvalue weighted by Crippen LogP contribution is -2.14. The van der Waals surface area contributed by atoms with E-state index in [2.05, 4.69) is 10.1 Å². The minimum absolute atomic E-state index is 0.0361. The van der Waals surface area contributed by atoms with Gasteiger partial charge >= 0.3 is 4.87 Å². The molecule has 0 N–H and O–H groups in total. The first kappa shape index (κ1) is 13.9. The lowest BCUT2D eigenvalue weighted by Gasteiger charge is -2.00. The first-order valence-electron chi connectivity index (χ1n) is 7.27. The van der Waals surface area contributed by atoms with Gasteiger partial charge in [-0.05, 0) is 12.1 Å². The van der Waals surface area contributed by atoms with E-state index < -0.39 is 0 Å². The van der Waals surface area contributed by atoms with Gasteiger partial charge in [0.25, 0.3) is 0 Å². The number of para-hydroxylation sites is 1. The Hall–Kier alpha value is -2.73. The van der Waals surface area contributed by atoms with Crippen molar-refractivity contribution in [3.8, 4) is 11.4 Å². The smallest absolute Gasteiger partial charge is 0.308 e. The number of hydrogen-bond donors (Lipinski definition) is 0. The summed E-state index contributed by atoms with van der Waals surface area (Å²) in [5, 5.41) is 4.00. The Labute approximate surface area is 135 Å². The van der Waals surface area contributed by atoms with Gasteiger partial charge in [0, 0.05) is 18.5 Å². The van der Waals surface area contributed by atoms with Gasteiger partial charge < -0.3 is 4.52 Å². The first-order chi connectivity index (χ1) is 11.3. The summed E-state index contributed by atoms with van der Waals surface area (Å²) < 4.78 is 8.05. The summed E-state index contributed by atoms with van der Waals surface area (Å²) in [7, 11) is 0. The average molecular weight is 323 g/mol. The molecule has 0 unspecified atom stereocenters. The lowest BCUT2D eigenvalue weighted by molar-refractivity contribution is 0.372. The SMILES string of the molecule is O=c1sc2ccccc2n1CCc1nc(-c2ccccc2)no1. The molecule has 0 amide bonds. The van der Waals surface area contributed by atoms with E-state index in [1.54, 1.807) is 4.57 Å². The number of nitrogens with zero attached hydrogens (tertiary/aromatic N) is 3. The predicted molar refractivity (Wildman–Crippen MR) is 89.5 cm³/mol. The minimum atomic E-state index is 0.0361. The molecule has 0 fully saturated rings. The molecule has 0 bridgehead atoms. The standard InChI is InChI=1S/C17H13N3O2S/c21-17-20(13-8-4-5-9-14(13)23-17)11-10-15-18-16(19-22-15)12-6-2-1-3-7-12/h1-9H,10-11H2. The van der Waals surface area contributed by atoms with Gasteiger partial charge in [0.2, 0.25) is 11.7 Å². The van der Waals surface area contributed by atoms with Crippen molar-refractivity contribution in [3.05, 3.63) is 70.2 Å². The zero-order chi connectivity index (χ0) is 15.6. The molecule has 4 rings (SSSR count). The molecule has 4 aromatic rings. The van der Waals surface area contributed by atoms with Gasteiger partial charge in [-0.2, -0.15) is 4.98 Å². The van der Waals surface area contributed by atoms with Crippen molar-refractivity contribution >= 4 is 21.6 Å². The van der Waals surface area contributed by atoms with Crippen molar-refractivity contribution in [1.82, 2.24) is 14.7 Å². The molecule has 6 heteroatoms. The van der Waals surface area contributed by atoms with Crippen LogP contribution in [0.1, 0.15) is 5.89 Å². The largest absolute Gasteiger partial charge is 0.339 e. The van der Waals surface area contributed by atoms with Crippen LogP contribution >= 0.6 is 11.3 Å². The normalized spacial score (nSPS) is 11.1. The van der Waals surface area contributed by atoms with Gasteiger partial charge in [0.15, 0.2) is 0 Å². The number of hydrogen-bond acceptors (Lipinski definition) is 5. The van der Waals surface area contributed by atoms with Crippen LogP contribution in [0, 0.1) is 0 Å². The molecule has 5 nitrogen and oxygen atoms in total. The van der Waals surface area contributed by atoms with Crippen LogP contribution in [-0.4, -0.2) is 14.7 Å². The highest BCUT2D eigenvalue weighted by molar-refractivity contribution is 7.16. The second-order valence-corrected chi connectivity index (χ2v) is 6.11. The third-order valence-electron chi connectivity index (χ3n) is 3.62. The summed E-state index contributed by atoms with van der Waals surface area (Å²) in [6.07, 6.45) is 0.528. The van der Waals surface area contributed by atoms with Crippen molar-refractivity contribution in [3.63, 3.8) is 0 Å². The fourth-order valence-electron chi connectivity index (χ4n) is 2.49. The maximum atomic E-state index is 12.1. The van der Waals surface area contributed by atoms with Gasteiger partial charge in [-0.1, -0.05) is 59.0 Å². The Morgan fingerprint density at radius 2 is 1.83 bits per heavy atom. The van der Waals surface area contributed by atoms with Crippen LogP contribution in [0.5, 0.6) is 0 Å². The molecule has 0 saturated heterocycles. The molecule has 114 valence electrons. The van der Waals surface area contributed by atoms with E-state index in [1.165, 1.54) is 11.3 Å². The Morgan fingerprint density at radius 1 is 1.04 bits per heavy atom.